The third-order valence-corrected chi connectivity index (χ3v) is 3.45. The third kappa shape index (κ3) is 2.79. The predicted molar refractivity (Wildman–Crippen MR) is 65.4 cm³/mol. The predicted octanol–water partition coefficient (Wildman–Crippen LogP) is 1.26. The molecule has 0 radical (unpaired) electrons. The molecule has 2 aliphatic heterocycles. The third-order valence-electron chi connectivity index (χ3n) is 3.45. The van der Waals surface area contributed by atoms with Gasteiger partial charge in [-0.15, -0.1) is 0 Å². The minimum Gasteiger partial charge on any atom is -0.338 e. The lowest BCUT2D eigenvalue weighted by Gasteiger charge is -2.44. The van der Waals surface area contributed by atoms with Crippen molar-refractivity contribution in [3.63, 3.8) is 0 Å². The van der Waals surface area contributed by atoms with Crippen molar-refractivity contribution in [2.24, 2.45) is 5.41 Å². The van der Waals surface area contributed by atoms with Gasteiger partial charge in [-0.25, -0.2) is 0 Å². The molecule has 0 aromatic carbocycles. The SMILES string of the molecule is CC(C)(C)CC(=O)N1CC(N2CCCC2=O)C1. The molecule has 0 aliphatic carbocycles. The van der Waals surface area contributed by atoms with Crippen molar-refractivity contribution in [1.82, 2.24) is 9.80 Å². The van der Waals surface area contributed by atoms with Crippen LogP contribution in [0.25, 0.3) is 0 Å². The Balaban J connectivity index is 1.79. The molecule has 0 aromatic heterocycles. The van der Waals surface area contributed by atoms with Gasteiger partial charge in [0.05, 0.1) is 6.04 Å². The van der Waals surface area contributed by atoms with Gasteiger partial charge >= 0.3 is 0 Å². The summed E-state index contributed by atoms with van der Waals surface area (Å²) in [6, 6.07) is 0.286. The molecule has 0 saturated carbocycles. The maximum atomic E-state index is 11.9. The summed E-state index contributed by atoms with van der Waals surface area (Å²) >= 11 is 0. The van der Waals surface area contributed by atoms with Gasteiger partial charge in [0.15, 0.2) is 0 Å². The summed E-state index contributed by atoms with van der Waals surface area (Å²) in [4.78, 5) is 27.3. The van der Waals surface area contributed by atoms with E-state index in [-0.39, 0.29) is 23.3 Å². The number of nitrogens with zero attached hydrogens (tertiary/aromatic N) is 2. The van der Waals surface area contributed by atoms with E-state index in [0.717, 1.165) is 26.1 Å². The number of carbonyl (C=O) groups is 2. The van der Waals surface area contributed by atoms with E-state index >= 15 is 0 Å². The lowest BCUT2D eigenvalue weighted by molar-refractivity contribution is -0.145. The summed E-state index contributed by atoms with van der Waals surface area (Å²) in [6.45, 7) is 8.58. The van der Waals surface area contributed by atoms with Crippen molar-refractivity contribution in [3.8, 4) is 0 Å². The van der Waals surface area contributed by atoms with Gasteiger partial charge in [0, 0.05) is 32.5 Å². The number of likely N-dealkylation sites (tertiary alicyclic amines) is 2. The molecule has 2 fully saturated rings. The zero-order valence-corrected chi connectivity index (χ0v) is 11.0. The zero-order chi connectivity index (χ0) is 12.6. The molecule has 4 nitrogen and oxygen atoms in total. The molecule has 0 unspecified atom stereocenters. The average molecular weight is 238 g/mol. The first-order valence-corrected chi connectivity index (χ1v) is 6.44. The standard InChI is InChI=1S/C13H22N2O2/c1-13(2,3)7-12(17)14-8-10(9-14)15-6-4-5-11(15)16/h10H,4-9H2,1-3H3. The number of hydrogen-bond acceptors (Lipinski definition) is 2. The molecule has 0 spiro atoms. The van der Waals surface area contributed by atoms with Crippen molar-refractivity contribution in [3.05, 3.63) is 0 Å². The Morgan fingerprint density at radius 2 is 2.00 bits per heavy atom. The average Bonchev–Trinajstić information content (AvgIpc) is 2.46. The fourth-order valence-electron chi connectivity index (χ4n) is 2.48. The normalized spacial score (nSPS) is 21.9. The molecule has 0 bridgehead atoms. The lowest BCUT2D eigenvalue weighted by atomic mass is 9.90. The summed E-state index contributed by atoms with van der Waals surface area (Å²) in [6.07, 6.45) is 2.26. The summed E-state index contributed by atoms with van der Waals surface area (Å²) < 4.78 is 0. The van der Waals surface area contributed by atoms with Crippen LogP contribution in [0.4, 0.5) is 0 Å². The molecule has 17 heavy (non-hydrogen) atoms. The van der Waals surface area contributed by atoms with Crippen LogP contribution in [0.3, 0.4) is 0 Å². The van der Waals surface area contributed by atoms with Gasteiger partial charge in [0.2, 0.25) is 11.8 Å². The highest BCUT2D eigenvalue weighted by Gasteiger charge is 2.39. The number of carbonyl (C=O) groups excluding carboxylic acids is 2. The molecular weight excluding hydrogens is 216 g/mol. The second kappa shape index (κ2) is 4.31. The second-order valence-corrected chi connectivity index (χ2v) is 6.38. The fourth-order valence-corrected chi connectivity index (χ4v) is 2.48. The maximum absolute atomic E-state index is 11.9. The van der Waals surface area contributed by atoms with Crippen LogP contribution in [0, 0.1) is 5.41 Å². The Hall–Kier alpha value is -1.06. The molecule has 0 N–H and O–H groups in total. The van der Waals surface area contributed by atoms with Crippen LogP contribution in [0.15, 0.2) is 0 Å². The van der Waals surface area contributed by atoms with Crippen LogP contribution in [-0.2, 0) is 9.59 Å². The Morgan fingerprint density at radius 1 is 1.35 bits per heavy atom. The maximum Gasteiger partial charge on any atom is 0.223 e. The summed E-state index contributed by atoms with van der Waals surface area (Å²) in [7, 11) is 0. The second-order valence-electron chi connectivity index (χ2n) is 6.38. The van der Waals surface area contributed by atoms with Gasteiger partial charge in [-0.3, -0.25) is 9.59 Å². The first-order valence-electron chi connectivity index (χ1n) is 6.44. The van der Waals surface area contributed by atoms with E-state index < -0.39 is 0 Å². The largest absolute Gasteiger partial charge is 0.338 e. The van der Waals surface area contributed by atoms with Crippen molar-refractivity contribution in [2.45, 2.75) is 46.1 Å². The van der Waals surface area contributed by atoms with E-state index in [1.165, 1.54) is 0 Å². The topological polar surface area (TPSA) is 40.6 Å². The van der Waals surface area contributed by atoms with Crippen molar-refractivity contribution in [2.75, 3.05) is 19.6 Å². The smallest absolute Gasteiger partial charge is 0.223 e. The number of hydrogen-bond donors (Lipinski definition) is 0. The Labute approximate surface area is 103 Å². The Bertz CT molecular complexity index is 327. The van der Waals surface area contributed by atoms with Crippen molar-refractivity contribution >= 4 is 11.8 Å². The molecule has 2 amide bonds. The van der Waals surface area contributed by atoms with Crippen LogP contribution in [-0.4, -0.2) is 47.3 Å². The Morgan fingerprint density at radius 3 is 2.47 bits per heavy atom. The highest BCUT2D eigenvalue weighted by molar-refractivity contribution is 5.80. The molecule has 2 aliphatic rings. The lowest BCUT2D eigenvalue weighted by Crippen LogP contribution is -2.61. The zero-order valence-electron chi connectivity index (χ0n) is 11.0. The van der Waals surface area contributed by atoms with Crippen LogP contribution in [0.1, 0.15) is 40.0 Å². The minimum atomic E-state index is 0.0473. The first kappa shape index (κ1) is 12.4. The van der Waals surface area contributed by atoms with E-state index in [1.54, 1.807) is 0 Å². The molecular formula is C13H22N2O2. The summed E-state index contributed by atoms with van der Waals surface area (Å²) in [5, 5.41) is 0. The monoisotopic (exact) mass is 238 g/mol. The van der Waals surface area contributed by atoms with E-state index in [1.807, 2.05) is 9.80 Å². The molecule has 96 valence electrons. The highest BCUT2D eigenvalue weighted by Crippen LogP contribution is 2.25. The fraction of sp³-hybridized carbons (Fsp3) is 0.846. The van der Waals surface area contributed by atoms with Crippen LogP contribution in [0.5, 0.6) is 0 Å². The van der Waals surface area contributed by atoms with E-state index in [9.17, 15) is 9.59 Å². The molecule has 2 saturated heterocycles. The molecule has 0 aromatic rings. The van der Waals surface area contributed by atoms with Gasteiger partial charge in [0.1, 0.15) is 0 Å². The minimum absolute atomic E-state index is 0.0473. The van der Waals surface area contributed by atoms with E-state index in [2.05, 4.69) is 20.8 Å². The van der Waals surface area contributed by atoms with Gasteiger partial charge in [-0.2, -0.15) is 0 Å². The quantitative estimate of drug-likeness (QED) is 0.726. The van der Waals surface area contributed by atoms with Crippen LogP contribution >= 0.6 is 0 Å². The van der Waals surface area contributed by atoms with Crippen LogP contribution in [0.2, 0.25) is 0 Å². The number of amides is 2. The molecule has 4 heteroatoms. The van der Waals surface area contributed by atoms with Gasteiger partial charge in [0.25, 0.3) is 0 Å². The number of rotatable bonds is 2. The summed E-state index contributed by atoms with van der Waals surface area (Å²) in [5.41, 5.74) is 0.0473. The van der Waals surface area contributed by atoms with Gasteiger partial charge in [-0.1, -0.05) is 20.8 Å². The van der Waals surface area contributed by atoms with Crippen molar-refractivity contribution in [1.29, 1.82) is 0 Å². The highest BCUT2D eigenvalue weighted by atomic mass is 16.2. The molecule has 0 atom stereocenters. The molecule has 2 heterocycles. The molecule has 2 rings (SSSR count). The first-order chi connectivity index (χ1) is 7.87. The van der Waals surface area contributed by atoms with E-state index in [0.29, 0.717) is 12.8 Å². The van der Waals surface area contributed by atoms with Gasteiger partial charge in [-0.05, 0) is 11.8 Å². The van der Waals surface area contributed by atoms with Gasteiger partial charge < -0.3 is 9.80 Å². The van der Waals surface area contributed by atoms with E-state index in [4.69, 9.17) is 0 Å². The Kier molecular flexibility index (Phi) is 3.15. The van der Waals surface area contributed by atoms with Crippen molar-refractivity contribution < 1.29 is 9.59 Å². The summed E-state index contributed by atoms with van der Waals surface area (Å²) in [5.74, 6) is 0.485. The van der Waals surface area contributed by atoms with Crippen LogP contribution < -0.4 is 0 Å².